The Labute approximate surface area is 183 Å². The van der Waals surface area contributed by atoms with Gasteiger partial charge in [0.2, 0.25) is 5.78 Å². The predicted octanol–water partition coefficient (Wildman–Crippen LogP) is -2.09. The molecule has 2 aromatic heterocycles. The first kappa shape index (κ1) is 21.9. The van der Waals surface area contributed by atoms with E-state index in [1.807, 2.05) is 35.0 Å². The lowest BCUT2D eigenvalue weighted by Crippen LogP contribution is -3.00. The van der Waals surface area contributed by atoms with E-state index >= 15 is 0 Å². The van der Waals surface area contributed by atoms with Gasteiger partial charge in [-0.2, -0.15) is 0 Å². The highest BCUT2D eigenvalue weighted by atomic mass is 35.5. The highest BCUT2D eigenvalue weighted by molar-refractivity contribution is 6.30. The Balaban J connectivity index is 0.00000256. The van der Waals surface area contributed by atoms with Crippen LogP contribution in [0.4, 0.5) is 5.82 Å². The molecule has 2 N–H and O–H groups in total. The summed E-state index contributed by atoms with van der Waals surface area (Å²) < 4.78 is 6.06. The summed E-state index contributed by atoms with van der Waals surface area (Å²) in [5.74, 6) is 0.479. The van der Waals surface area contributed by atoms with E-state index < -0.39 is 17.0 Å². The standard InChI is InChI=1S/C20H20ClN5O3.ClH/c1-23-18(22)17(19(28)24(2)20(23)29)15(27)11-25-10-14(26-9-3-4-16(25)26)12-5-7-13(21)8-6-12;/h5-8,10H,3-4,9,11H2,1-2H3,(H-,22,27,28);1H. The molecular weight excluding hydrogens is 429 g/mol. The highest BCUT2D eigenvalue weighted by Gasteiger charge is 2.31. The van der Waals surface area contributed by atoms with Crippen molar-refractivity contribution in [2.75, 3.05) is 5.73 Å². The summed E-state index contributed by atoms with van der Waals surface area (Å²) in [5.41, 5.74) is 6.52. The van der Waals surface area contributed by atoms with Crippen LogP contribution < -0.4 is 34.0 Å². The highest BCUT2D eigenvalue weighted by Crippen LogP contribution is 2.26. The molecule has 0 spiro atoms. The maximum atomic E-state index is 13.0. The molecule has 0 fully saturated rings. The number of ketones is 1. The summed E-state index contributed by atoms with van der Waals surface area (Å²) in [6.07, 6.45) is 3.73. The van der Waals surface area contributed by atoms with Gasteiger partial charge in [0.25, 0.3) is 11.4 Å². The minimum absolute atomic E-state index is 0. The van der Waals surface area contributed by atoms with Crippen LogP contribution in [0.15, 0.2) is 40.1 Å². The van der Waals surface area contributed by atoms with E-state index in [0.717, 1.165) is 45.6 Å². The molecule has 0 amide bonds. The fourth-order valence-corrected chi connectivity index (χ4v) is 3.98. The van der Waals surface area contributed by atoms with Crippen LogP contribution in [0, 0.1) is 0 Å². The first-order valence-corrected chi connectivity index (χ1v) is 9.64. The summed E-state index contributed by atoms with van der Waals surface area (Å²) in [7, 11) is 2.78. The number of fused-ring (bicyclic) bond motifs is 1. The fourth-order valence-electron chi connectivity index (χ4n) is 3.85. The van der Waals surface area contributed by atoms with Crippen molar-refractivity contribution in [3.05, 3.63) is 67.7 Å². The molecular formula is C20H21Cl2N5O3. The van der Waals surface area contributed by atoms with Crippen molar-refractivity contribution in [1.82, 2.24) is 13.7 Å². The van der Waals surface area contributed by atoms with E-state index in [9.17, 15) is 14.4 Å². The number of hydrogen-bond acceptors (Lipinski definition) is 4. The summed E-state index contributed by atoms with van der Waals surface area (Å²) in [5, 5.41) is 0.658. The molecule has 0 atom stereocenters. The normalized spacial score (nSPS) is 12.5. The van der Waals surface area contributed by atoms with Crippen molar-refractivity contribution in [3.8, 4) is 11.3 Å². The van der Waals surface area contributed by atoms with Crippen LogP contribution in [0.3, 0.4) is 0 Å². The van der Waals surface area contributed by atoms with E-state index in [-0.39, 0.29) is 30.3 Å². The zero-order valence-electron chi connectivity index (χ0n) is 16.6. The quantitative estimate of drug-likeness (QED) is 0.364. The Morgan fingerprint density at radius 1 is 1.17 bits per heavy atom. The molecule has 0 saturated carbocycles. The second-order valence-corrected chi connectivity index (χ2v) is 7.65. The van der Waals surface area contributed by atoms with E-state index in [4.69, 9.17) is 17.3 Å². The van der Waals surface area contributed by atoms with Crippen LogP contribution >= 0.6 is 11.6 Å². The van der Waals surface area contributed by atoms with Gasteiger partial charge in [-0.1, -0.05) is 11.6 Å². The second kappa shape index (κ2) is 8.12. The van der Waals surface area contributed by atoms with Gasteiger partial charge >= 0.3 is 5.69 Å². The molecule has 8 nitrogen and oxygen atoms in total. The number of hydrogen-bond donors (Lipinski definition) is 1. The predicted molar refractivity (Wildman–Crippen MR) is 109 cm³/mol. The summed E-state index contributed by atoms with van der Waals surface area (Å²) in [4.78, 5) is 37.5. The van der Waals surface area contributed by atoms with Crippen LogP contribution in [0.5, 0.6) is 0 Å². The molecule has 1 aromatic carbocycles. The molecule has 10 heteroatoms. The summed E-state index contributed by atoms with van der Waals surface area (Å²) >= 11 is 6.00. The van der Waals surface area contributed by atoms with E-state index in [1.54, 1.807) is 0 Å². The van der Waals surface area contributed by atoms with Crippen molar-refractivity contribution in [2.45, 2.75) is 25.9 Å². The first-order valence-electron chi connectivity index (χ1n) is 9.26. The van der Waals surface area contributed by atoms with Crippen molar-refractivity contribution in [1.29, 1.82) is 0 Å². The van der Waals surface area contributed by atoms with Crippen molar-refractivity contribution in [2.24, 2.45) is 14.1 Å². The third-order valence-corrected chi connectivity index (χ3v) is 5.69. The molecule has 0 unspecified atom stereocenters. The maximum Gasteiger partial charge on any atom is 0.332 e. The Hall–Kier alpha value is -2.84. The van der Waals surface area contributed by atoms with Crippen LogP contribution in [0.25, 0.3) is 11.3 Å². The third kappa shape index (κ3) is 3.46. The SMILES string of the molecule is Cn1c(N)c(C(=O)C[n+]2cc(-c3ccc(Cl)cc3)n3c2CCC3)c(=O)n(C)c1=O.[Cl-]. The van der Waals surface area contributed by atoms with Crippen LogP contribution in [-0.2, 0) is 33.6 Å². The van der Waals surface area contributed by atoms with Gasteiger partial charge in [0, 0.05) is 24.7 Å². The third-order valence-electron chi connectivity index (χ3n) is 5.44. The number of nitrogen functional groups attached to an aromatic ring is 1. The number of aromatic nitrogens is 4. The molecule has 4 rings (SSSR count). The largest absolute Gasteiger partial charge is 1.00 e. The van der Waals surface area contributed by atoms with E-state index in [1.165, 1.54) is 14.1 Å². The molecule has 0 saturated heterocycles. The zero-order valence-corrected chi connectivity index (χ0v) is 18.1. The van der Waals surface area contributed by atoms with Crippen molar-refractivity contribution >= 4 is 23.2 Å². The molecule has 0 radical (unpaired) electrons. The lowest BCUT2D eigenvalue weighted by atomic mass is 10.1. The molecule has 3 aromatic rings. The molecule has 3 heterocycles. The summed E-state index contributed by atoms with van der Waals surface area (Å²) in [6, 6.07) is 7.54. The average Bonchev–Trinajstić information content (AvgIpc) is 3.30. The fraction of sp³-hybridized carbons (Fsp3) is 0.300. The van der Waals surface area contributed by atoms with Gasteiger partial charge in [-0.05, 0) is 30.7 Å². The van der Waals surface area contributed by atoms with E-state index in [2.05, 4.69) is 4.57 Å². The molecule has 158 valence electrons. The number of imidazole rings is 1. The first-order chi connectivity index (χ1) is 13.8. The number of nitrogens with zero attached hydrogens (tertiary/aromatic N) is 4. The van der Waals surface area contributed by atoms with Crippen molar-refractivity contribution in [3.63, 3.8) is 0 Å². The molecule has 30 heavy (non-hydrogen) atoms. The van der Waals surface area contributed by atoms with Crippen LogP contribution in [0.2, 0.25) is 5.02 Å². The number of rotatable bonds is 4. The van der Waals surface area contributed by atoms with Gasteiger partial charge in [0.15, 0.2) is 12.2 Å². The summed E-state index contributed by atoms with van der Waals surface area (Å²) in [6.45, 7) is 0.832. The Kier molecular flexibility index (Phi) is 5.92. The minimum Gasteiger partial charge on any atom is -1.00 e. The van der Waals surface area contributed by atoms with E-state index in [0.29, 0.717) is 5.02 Å². The topological polar surface area (TPSA) is 95.9 Å². The molecule has 1 aliphatic rings. The number of anilines is 1. The zero-order chi connectivity index (χ0) is 20.9. The number of Topliss-reactive ketones (excluding diaryl/α,β-unsaturated/α-hetero) is 1. The minimum atomic E-state index is -0.676. The Morgan fingerprint density at radius 3 is 2.50 bits per heavy atom. The number of carbonyl (C=O) groups excluding carboxylic acids is 1. The lowest BCUT2D eigenvalue weighted by Gasteiger charge is -2.10. The number of carbonyl (C=O) groups is 1. The Morgan fingerprint density at radius 2 is 1.83 bits per heavy atom. The average molecular weight is 450 g/mol. The molecule has 0 bridgehead atoms. The van der Waals surface area contributed by atoms with Gasteiger partial charge in [0.1, 0.15) is 17.6 Å². The van der Waals surface area contributed by atoms with Gasteiger partial charge in [0.05, 0.1) is 13.0 Å². The molecule has 0 aliphatic carbocycles. The van der Waals surface area contributed by atoms with Gasteiger partial charge < -0.3 is 18.1 Å². The van der Waals surface area contributed by atoms with Crippen molar-refractivity contribution < 1.29 is 21.8 Å². The number of halogens is 2. The smallest absolute Gasteiger partial charge is 0.332 e. The van der Waals surface area contributed by atoms with Gasteiger partial charge in [-0.3, -0.25) is 18.7 Å². The lowest BCUT2D eigenvalue weighted by molar-refractivity contribution is -0.689. The second-order valence-electron chi connectivity index (χ2n) is 7.21. The maximum absolute atomic E-state index is 13.0. The van der Waals surface area contributed by atoms with Gasteiger partial charge in [-0.25, -0.2) is 13.9 Å². The monoisotopic (exact) mass is 449 g/mol. The van der Waals surface area contributed by atoms with Crippen LogP contribution in [0.1, 0.15) is 22.6 Å². The Bertz CT molecular complexity index is 1260. The van der Waals surface area contributed by atoms with Gasteiger partial charge in [-0.15, -0.1) is 0 Å². The number of nitrogens with two attached hydrogens (primary N) is 1. The molecule has 1 aliphatic heterocycles. The van der Waals surface area contributed by atoms with Crippen LogP contribution in [-0.4, -0.2) is 19.5 Å². The number of benzene rings is 1.